The molecule has 0 spiro atoms. The van der Waals surface area contributed by atoms with E-state index in [1.54, 1.807) is 43.4 Å². The molecule has 0 radical (unpaired) electrons. The number of amides is 1. The molecule has 1 aliphatic rings. The minimum Gasteiger partial charge on any atom is -0.493 e. The zero-order valence-electron chi connectivity index (χ0n) is 16.9. The number of hydrogen-bond donors (Lipinski definition) is 1. The molecule has 1 aliphatic heterocycles. The summed E-state index contributed by atoms with van der Waals surface area (Å²) < 4.78 is 11.8. The van der Waals surface area contributed by atoms with Crippen LogP contribution in [0.1, 0.15) is 24.4 Å². The SMILES string of the molecule is COc1ccc([C@@H]2CCCN2C(=O)Cn2[nH]c(=O)c3ccccc3c2=O)cc1OC. The number of carbonyl (C=O) groups excluding carboxylic acids is 1. The normalized spacial score (nSPS) is 16.1. The van der Waals surface area contributed by atoms with Crippen molar-refractivity contribution >= 4 is 16.7 Å². The van der Waals surface area contributed by atoms with E-state index in [1.807, 2.05) is 18.2 Å². The molecule has 0 unspecified atom stereocenters. The topological polar surface area (TPSA) is 93.6 Å². The molecule has 4 rings (SSSR count). The number of nitrogens with one attached hydrogen (secondary N) is 1. The quantitative estimate of drug-likeness (QED) is 0.696. The molecule has 1 N–H and O–H groups in total. The van der Waals surface area contributed by atoms with Gasteiger partial charge in [0.25, 0.3) is 11.1 Å². The number of likely N-dealkylation sites (tertiary alicyclic amines) is 1. The van der Waals surface area contributed by atoms with E-state index in [0.29, 0.717) is 28.8 Å². The lowest BCUT2D eigenvalue weighted by Gasteiger charge is -2.26. The first-order valence-corrected chi connectivity index (χ1v) is 9.76. The van der Waals surface area contributed by atoms with Crippen LogP contribution in [-0.4, -0.2) is 41.4 Å². The van der Waals surface area contributed by atoms with Crippen molar-refractivity contribution in [3.8, 4) is 11.5 Å². The number of carbonyl (C=O) groups is 1. The van der Waals surface area contributed by atoms with Crippen molar-refractivity contribution in [2.24, 2.45) is 0 Å². The van der Waals surface area contributed by atoms with Crippen LogP contribution in [0.5, 0.6) is 11.5 Å². The van der Waals surface area contributed by atoms with Gasteiger partial charge in [0.15, 0.2) is 11.5 Å². The maximum absolute atomic E-state index is 13.1. The van der Waals surface area contributed by atoms with Gasteiger partial charge >= 0.3 is 0 Å². The molecule has 1 atom stereocenters. The zero-order valence-corrected chi connectivity index (χ0v) is 16.9. The summed E-state index contributed by atoms with van der Waals surface area (Å²) >= 11 is 0. The maximum Gasteiger partial charge on any atom is 0.273 e. The van der Waals surface area contributed by atoms with Crippen molar-refractivity contribution in [1.29, 1.82) is 0 Å². The van der Waals surface area contributed by atoms with E-state index in [1.165, 1.54) is 0 Å². The highest BCUT2D eigenvalue weighted by atomic mass is 16.5. The van der Waals surface area contributed by atoms with Crippen LogP contribution in [0, 0.1) is 0 Å². The third-order valence-corrected chi connectivity index (χ3v) is 5.54. The van der Waals surface area contributed by atoms with Crippen LogP contribution in [0.15, 0.2) is 52.1 Å². The monoisotopic (exact) mass is 409 g/mol. The van der Waals surface area contributed by atoms with Gasteiger partial charge < -0.3 is 14.4 Å². The van der Waals surface area contributed by atoms with Gasteiger partial charge in [-0.1, -0.05) is 18.2 Å². The van der Waals surface area contributed by atoms with Crippen molar-refractivity contribution in [2.75, 3.05) is 20.8 Å². The predicted molar refractivity (Wildman–Crippen MR) is 112 cm³/mol. The van der Waals surface area contributed by atoms with Crippen LogP contribution >= 0.6 is 0 Å². The predicted octanol–water partition coefficient (Wildman–Crippen LogP) is 2.07. The standard InChI is InChI=1S/C22H23N3O5/c1-29-18-10-9-14(12-19(18)30-2)17-8-5-11-24(17)20(26)13-25-22(28)16-7-4-3-6-15(16)21(27)23-25/h3-4,6-7,9-10,12,17H,5,8,11,13H2,1-2H3,(H,23,27)/t17-/m0/s1. The number of rotatable bonds is 5. The lowest BCUT2D eigenvalue weighted by Crippen LogP contribution is -2.39. The second-order valence-electron chi connectivity index (χ2n) is 7.24. The molecule has 8 nitrogen and oxygen atoms in total. The fraction of sp³-hybridized carbons (Fsp3) is 0.318. The summed E-state index contributed by atoms with van der Waals surface area (Å²) in [6.07, 6.45) is 1.66. The fourth-order valence-corrected chi connectivity index (χ4v) is 4.06. The van der Waals surface area contributed by atoms with Crippen molar-refractivity contribution in [3.05, 3.63) is 68.7 Å². The number of methoxy groups -OCH3 is 2. The maximum atomic E-state index is 13.1. The van der Waals surface area contributed by atoms with Gasteiger partial charge in [0.05, 0.1) is 31.0 Å². The smallest absolute Gasteiger partial charge is 0.273 e. The number of benzene rings is 2. The van der Waals surface area contributed by atoms with E-state index >= 15 is 0 Å². The largest absolute Gasteiger partial charge is 0.493 e. The molecule has 156 valence electrons. The third-order valence-electron chi connectivity index (χ3n) is 5.54. The highest BCUT2D eigenvalue weighted by molar-refractivity contribution is 5.81. The number of ether oxygens (including phenoxy) is 2. The van der Waals surface area contributed by atoms with Gasteiger partial charge in [-0.05, 0) is 42.7 Å². The molecule has 3 aromatic rings. The zero-order chi connectivity index (χ0) is 21.3. The van der Waals surface area contributed by atoms with Gasteiger partial charge in [-0.2, -0.15) is 0 Å². The first-order chi connectivity index (χ1) is 14.5. The van der Waals surface area contributed by atoms with Gasteiger partial charge in [-0.25, -0.2) is 4.68 Å². The second kappa shape index (κ2) is 8.06. The summed E-state index contributed by atoms with van der Waals surface area (Å²) in [6.45, 7) is 0.368. The van der Waals surface area contributed by atoms with Crippen LogP contribution < -0.4 is 20.6 Å². The van der Waals surface area contributed by atoms with Crippen LogP contribution in [0.4, 0.5) is 0 Å². The van der Waals surface area contributed by atoms with Gasteiger partial charge in [0, 0.05) is 6.54 Å². The number of aromatic amines is 1. The molecular weight excluding hydrogens is 386 g/mol. The number of nitrogens with zero attached hydrogens (tertiary/aromatic N) is 2. The van der Waals surface area contributed by atoms with Crippen LogP contribution in [-0.2, 0) is 11.3 Å². The van der Waals surface area contributed by atoms with E-state index in [0.717, 1.165) is 23.1 Å². The summed E-state index contributed by atoms with van der Waals surface area (Å²) in [7, 11) is 3.15. The second-order valence-corrected chi connectivity index (χ2v) is 7.24. The van der Waals surface area contributed by atoms with Gasteiger partial charge in [0.2, 0.25) is 5.91 Å². The average molecular weight is 409 g/mol. The van der Waals surface area contributed by atoms with E-state index in [2.05, 4.69) is 5.10 Å². The molecule has 1 fully saturated rings. The molecule has 1 saturated heterocycles. The van der Waals surface area contributed by atoms with Gasteiger partial charge in [-0.15, -0.1) is 0 Å². The summed E-state index contributed by atoms with van der Waals surface area (Å²) in [5.74, 6) is 1.00. The Morgan fingerprint density at radius 1 is 1.07 bits per heavy atom. The molecule has 0 bridgehead atoms. The molecule has 1 aromatic heterocycles. The van der Waals surface area contributed by atoms with Crippen molar-refractivity contribution in [2.45, 2.75) is 25.4 Å². The Kier molecular flexibility index (Phi) is 5.31. The Labute approximate surface area is 172 Å². The van der Waals surface area contributed by atoms with Crippen LogP contribution in [0.2, 0.25) is 0 Å². The number of fused-ring (bicyclic) bond motifs is 1. The molecular formula is C22H23N3O5. The van der Waals surface area contributed by atoms with E-state index in [4.69, 9.17) is 9.47 Å². The van der Waals surface area contributed by atoms with E-state index < -0.39 is 5.56 Å². The Bertz CT molecular complexity index is 1210. The molecule has 2 heterocycles. The molecule has 2 aromatic carbocycles. The Hall–Kier alpha value is -3.55. The lowest BCUT2D eigenvalue weighted by atomic mass is 10.0. The number of H-pyrrole nitrogens is 1. The van der Waals surface area contributed by atoms with Crippen LogP contribution in [0.25, 0.3) is 10.8 Å². The number of aromatic nitrogens is 2. The molecule has 1 amide bonds. The molecule has 0 saturated carbocycles. The molecule has 0 aliphatic carbocycles. The minimum absolute atomic E-state index is 0.125. The van der Waals surface area contributed by atoms with E-state index in [-0.39, 0.29) is 24.1 Å². The fourth-order valence-electron chi connectivity index (χ4n) is 4.06. The average Bonchev–Trinajstić information content (AvgIpc) is 3.27. The van der Waals surface area contributed by atoms with Crippen LogP contribution in [0.3, 0.4) is 0 Å². The van der Waals surface area contributed by atoms with E-state index in [9.17, 15) is 14.4 Å². The van der Waals surface area contributed by atoms with Crippen molar-refractivity contribution in [1.82, 2.24) is 14.7 Å². The Morgan fingerprint density at radius 2 is 1.80 bits per heavy atom. The van der Waals surface area contributed by atoms with Crippen molar-refractivity contribution in [3.63, 3.8) is 0 Å². The summed E-state index contributed by atoms with van der Waals surface area (Å²) in [5, 5.41) is 3.14. The van der Waals surface area contributed by atoms with Crippen molar-refractivity contribution < 1.29 is 14.3 Å². The Balaban J connectivity index is 1.62. The van der Waals surface area contributed by atoms with Gasteiger partial charge in [0.1, 0.15) is 6.54 Å². The number of hydrogen-bond acceptors (Lipinski definition) is 5. The first-order valence-electron chi connectivity index (χ1n) is 9.76. The summed E-state index contributed by atoms with van der Waals surface area (Å²) in [4.78, 5) is 39.8. The lowest BCUT2D eigenvalue weighted by molar-refractivity contribution is -0.133. The highest BCUT2D eigenvalue weighted by Gasteiger charge is 2.31. The third kappa shape index (κ3) is 3.45. The van der Waals surface area contributed by atoms with Gasteiger partial charge in [-0.3, -0.25) is 19.5 Å². The molecule has 8 heteroatoms. The summed E-state index contributed by atoms with van der Waals surface area (Å²) in [5.41, 5.74) is 0.161. The highest BCUT2D eigenvalue weighted by Crippen LogP contribution is 2.36. The summed E-state index contributed by atoms with van der Waals surface area (Å²) in [6, 6.07) is 12.1. The molecule has 30 heavy (non-hydrogen) atoms. The Morgan fingerprint density at radius 3 is 2.53 bits per heavy atom. The first kappa shape index (κ1) is 19.8. The minimum atomic E-state index is -0.393.